The summed E-state index contributed by atoms with van der Waals surface area (Å²) < 4.78 is 8.12. The van der Waals surface area contributed by atoms with E-state index in [1.165, 1.54) is 30.5 Å². The fourth-order valence-corrected chi connectivity index (χ4v) is 3.27. The van der Waals surface area contributed by atoms with Crippen molar-refractivity contribution in [3.05, 3.63) is 46.6 Å². The number of aryl methyl sites for hydroxylation is 1. The predicted octanol–water partition coefficient (Wildman–Crippen LogP) is 1.30. The van der Waals surface area contributed by atoms with Gasteiger partial charge in [0.25, 0.3) is 11.5 Å². The zero-order valence-electron chi connectivity index (χ0n) is 13.3. The Labute approximate surface area is 144 Å². The van der Waals surface area contributed by atoms with Crippen LogP contribution in [0.15, 0.2) is 35.4 Å². The molecule has 25 heavy (non-hydrogen) atoms. The minimum absolute atomic E-state index is 0.242. The molecule has 9 nitrogen and oxygen atoms in total. The molecule has 4 rings (SSSR count). The Balaban J connectivity index is 1.69. The Kier molecular flexibility index (Phi) is 3.46. The van der Waals surface area contributed by atoms with Crippen molar-refractivity contribution >= 4 is 38.4 Å². The number of nitrogens with zero attached hydrogens (tertiary/aromatic N) is 5. The molecule has 0 fully saturated rings. The minimum Gasteiger partial charge on any atom is -0.495 e. The van der Waals surface area contributed by atoms with Crippen LogP contribution in [-0.2, 0) is 7.05 Å². The molecular weight excluding hydrogens is 344 g/mol. The number of hydrogen-bond acceptors (Lipinski definition) is 7. The highest BCUT2D eigenvalue weighted by Gasteiger charge is 2.16. The van der Waals surface area contributed by atoms with Crippen LogP contribution in [0.5, 0.6) is 5.75 Å². The van der Waals surface area contributed by atoms with Crippen LogP contribution in [0.2, 0.25) is 0 Å². The summed E-state index contributed by atoms with van der Waals surface area (Å²) in [5.41, 5.74) is 0.797. The average molecular weight is 356 g/mol. The molecule has 4 aromatic rings. The topological polar surface area (TPSA) is 103 Å². The molecule has 0 saturated heterocycles. The number of anilines is 1. The summed E-state index contributed by atoms with van der Waals surface area (Å²) in [7, 11) is 3.08. The molecule has 0 atom stereocenters. The molecule has 0 radical (unpaired) electrons. The van der Waals surface area contributed by atoms with Crippen LogP contribution in [0.3, 0.4) is 0 Å². The monoisotopic (exact) mass is 356 g/mol. The van der Waals surface area contributed by atoms with E-state index >= 15 is 0 Å². The first kappa shape index (κ1) is 15.3. The van der Waals surface area contributed by atoms with Gasteiger partial charge in [-0.05, 0) is 6.07 Å². The largest absolute Gasteiger partial charge is 0.495 e. The van der Waals surface area contributed by atoms with E-state index in [4.69, 9.17) is 4.74 Å². The number of rotatable bonds is 3. The van der Waals surface area contributed by atoms with Crippen molar-refractivity contribution in [3.63, 3.8) is 0 Å². The number of hydrogen-bond donors (Lipinski definition) is 1. The summed E-state index contributed by atoms with van der Waals surface area (Å²) in [6.07, 6.45) is 3.27. The summed E-state index contributed by atoms with van der Waals surface area (Å²) in [6, 6.07) is 4.62. The highest BCUT2D eigenvalue weighted by Crippen LogP contribution is 2.27. The summed E-state index contributed by atoms with van der Waals surface area (Å²) >= 11 is 1.37. The van der Waals surface area contributed by atoms with Gasteiger partial charge in [-0.15, -0.1) is 0 Å². The fraction of sp³-hybridized carbons (Fsp3) is 0.133. The van der Waals surface area contributed by atoms with E-state index in [2.05, 4.69) is 20.4 Å². The number of fused-ring (bicyclic) bond motifs is 3. The third-order valence-electron chi connectivity index (χ3n) is 3.60. The second-order valence-corrected chi connectivity index (χ2v) is 6.17. The number of thiazole rings is 1. The Morgan fingerprint density at radius 2 is 2.20 bits per heavy atom. The van der Waals surface area contributed by atoms with Crippen molar-refractivity contribution in [2.24, 2.45) is 7.05 Å². The number of methoxy groups -OCH3 is 1. The third kappa shape index (κ3) is 2.62. The van der Waals surface area contributed by atoms with Gasteiger partial charge >= 0.3 is 0 Å². The maximum Gasteiger partial charge on any atom is 0.277 e. The van der Waals surface area contributed by atoms with Gasteiger partial charge in [-0.1, -0.05) is 11.3 Å². The summed E-state index contributed by atoms with van der Waals surface area (Å²) in [5, 5.41) is 6.59. The lowest BCUT2D eigenvalue weighted by Crippen LogP contribution is -2.21. The number of imidazole rings is 1. The van der Waals surface area contributed by atoms with Gasteiger partial charge in [0.05, 0.1) is 18.8 Å². The van der Waals surface area contributed by atoms with Crippen LogP contribution in [0.1, 0.15) is 10.5 Å². The molecule has 0 aliphatic heterocycles. The predicted molar refractivity (Wildman–Crippen MR) is 92.4 cm³/mol. The second-order valence-electron chi connectivity index (χ2n) is 5.21. The lowest BCUT2D eigenvalue weighted by Gasteiger charge is -2.03. The molecule has 0 unspecified atom stereocenters. The minimum atomic E-state index is -0.411. The van der Waals surface area contributed by atoms with Crippen molar-refractivity contribution in [1.29, 1.82) is 0 Å². The first-order valence-corrected chi connectivity index (χ1v) is 8.04. The molecule has 4 heterocycles. The van der Waals surface area contributed by atoms with Crippen LogP contribution in [0, 0.1) is 0 Å². The molecule has 0 bridgehead atoms. The number of amides is 1. The van der Waals surface area contributed by atoms with E-state index in [9.17, 15) is 9.59 Å². The van der Waals surface area contributed by atoms with Crippen molar-refractivity contribution in [3.8, 4) is 5.75 Å². The van der Waals surface area contributed by atoms with Gasteiger partial charge < -0.3 is 10.1 Å². The third-order valence-corrected chi connectivity index (χ3v) is 4.58. The highest BCUT2D eigenvalue weighted by molar-refractivity contribution is 7.23. The Bertz CT molecular complexity index is 1180. The standard InChI is InChI=1S/C15H12N6O3S/c1-20-12(22)4-3-11(19-20)18-13(23)9-7-21-10-5-8(24-2)6-16-14(10)25-15(21)17-9/h3-7H,1-2H3,(H,18,19,23). The van der Waals surface area contributed by atoms with E-state index in [1.54, 1.807) is 23.9 Å². The molecule has 10 heteroatoms. The number of carbonyl (C=O) groups is 1. The van der Waals surface area contributed by atoms with E-state index in [-0.39, 0.29) is 17.1 Å². The van der Waals surface area contributed by atoms with Gasteiger partial charge in [-0.2, -0.15) is 5.10 Å². The van der Waals surface area contributed by atoms with Crippen LogP contribution < -0.4 is 15.6 Å². The lowest BCUT2D eigenvalue weighted by molar-refractivity contribution is 0.102. The smallest absolute Gasteiger partial charge is 0.277 e. The molecule has 0 aromatic carbocycles. The van der Waals surface area contributed by atoms with Gasteiger partial charge in [0.15, 0.2) is 10.8 Å². The molecule has 1 amide bonds. The Morgan fingerprint density at radius 3 is 2.96 bits per heavy atom. The van der Waals surface area contributed by atoms with Gasteiger partial charge in [0, 0.05) is 25.4 Å². The Morgan fingerprint density at radius 1 is 1.36 bits per heavy atom. The maximum atomic E-state index is 12.4. The quantitative estimate of drug-likeness (QED) is 0.593. The number of ether oxygens (including phenoxy) is 1. The zero-order chi connectivity index (χ0) is 17.6. The molecule has 4 aromatic heterocycles. The van der Waals surface area contributed by atoms with Gasteiger partial charge in [-0.25, -0.2) is 14.6 Å². The first-order valence-electron chi connectivity index (χ1n) is 7.22. The number of carbonyl (C=O) groups excluding carboxylic acids is 1. The van der Waals surface area contributed by atoms with Gasteiger partial charge in [0.2, 0.25) is 0 Å². The van der Waals surface area contributed by atoms with Crippen LogP contribution in [-0.4, -0.2) is 37.2 Å². The lowest BCUT2D eigenvalue weighted by atomic mass is 10.4. The number of nitrogens with one attached hydrogen (secondary N) is 1. The van der Waals surface area contributed by atoms with E-state index in [1.807, 2.05) is 6.07 Å². The molecular formula is C15H12N6O3S. The van der Waals surface area contributed by atoms with Crippen molar-refractivity contribution in [2.45, 2.75) is 0 Å². The average Bonchev–Trinajstić information content (AvgIpc) is 3.15. The molecule has 0 aliphatic carbocycles. The first-order chi connectivity index (χ1) is 12.0. The maximum absolute atomic E-state index is 12.4. The van der Waals surface area contributed by atoms with Crippen LogP contribution in [0.4, 0.5) is 5.82 Å². The normalized spacial score (nSPS) is 11.1. The fourth-order valence-electron chi connectivity index (χ4n) is 2.34. The van der Waals surface area contributed by atoms with Gasteiger partial charge in [-0.3, -0.25) is 14.0 Å². The van der Waals surface area contributed by atoms with Gasteiger partial charge in [0.1, 0.15) is 16.3 Å². The molecule has 1 N–H and O–H groups in total. The molecule has 0 saturated carbocycles. The van der Waals surface area contributed by atoms with Crippen molar-refractivity contribution < 1.29 is 9.53 Å². The van der Waals surface area contributed by atoms with Crippen LogP contribution in [0.25, 0.3) is 15.3 Å². The summed E-state index contributed by atoms with van der Waals surface area (Å²) in [4.78, 5) is 33.8. The molecule has 0 spiro atoms. The van der Waals surface area contributed by atoms with Crippen molar-refractivity contribution in [1.82, 2.24) is 24.1 Å². The van der Waals surface area contributed by atoms with Crippen molar-refractivity contribution in [2.75, 3.05) is 12.4 Å². The SMILES string of the molecule is COc1cnc2sc3nc(C(=O)Nc4ccc(=O)n(C)n4)cn3c2c1. The summed E-state index contributed by atoms with van der Waals surface area (Å²) in [5.74, 6) is 0.490. The van der Waals surface area contributed by atoms with E-state index in [0.29, 0.717) is 10.7 Å². The van der Waals surface area contributed by atoms with E-state index in [0.717, 1.165) is 15.0 Å². The highest BCUT2D eigenvalue weighted by atomic mass is 32.1. The second kappa shape index (κ2) is 5.67. The Hall–Kier alpha value is -3.27. The van der Waals surface area contributed by atoms with E-state index < -0.39 is 5.91 Å². The number of aromatic nitrogens is 5. The zero-order valence-corrected chi connectivity index (χ0v) is 14.1. The molecule has 0 aliphatic rings. The van der Waals surface area contributed by atoms with Crippen LogP contribution >= 0.6 is 11.3 Å². The molecule has 126 valence electrons. The summed E-state index contributed by atoms with van der Waals surface area (Å²) in [6.45, 7) is 0. The number of pyridine rings is 1.